The lowest BCUT2D eigenvalue weighted by molar-refractivity contribution is 0.200. The molecule has 0 saturated carbocycles. The Labute approximate surface area is 267 Å². The molecule has 0 radical (unpaired) electrons. The summed E-state index contributed by atoms with van der Waals surface area (Å²) in [6, 6.07) is 20.4. The van der Waals surface area contributed by atoms with Crippen LogP contribution in [0.15, 0.2) is 79.3 Å². The highest BCUT2D eigenvalue weighted by Crippen LogP contribution is 2.39. The van der Waals surface area contributed by atoms with Gasteiger partial charge in [0.1, 0.15) is 34.6 Å². The summed E-state index contributed by atoms with van der Waals surface area (Å²) in [5.41, 5.74) is 5.66. The van der Waals surface area contributed by atoms with Crippen molar-refractivity contribution in [2.24, 2.45) is 0 Å². The van der Waals surface area contributed by atoms with Gasteiger partial charge < -0.3 is 24.3 Å². The van der Waals surface area contributed by atoms with E-state index >= 15 is 0 Å². The number of halogens is 2. The fourth-order valence-electron chi connectivity index (χ4n) is 5.71. The zero-order valence-corrected chi connectivity index (χ0v) is 26.4. The number of hydrogen-bond donors (Lipinski definition) is 1. The quantitative estimate of drug-likeness (QED) is 0.181. The maximum absolute atomic E-state index is 14.1. The lowest BCUT2D eigenvalue weighted by Gasteiger charge is -2.38. The molecule has 6 rings (SSSR count). The van der Waals surface area contributed by atoms with E-state index in [4.69, 9.17) is 31.0 Å². The van der Waals surface area contributed by atoms with Crippen molar-refractivity contribution in [1.29, 1.82) is 0 Å². The summed E-state index contributed by atoms with van der Waals surface area (Å²) in [6.07, 6.45) is 4.14. The van der Waals surface area contributed by atoms with Crippen LogP contribution < -0.4 is 19.7 Å². The number of imidazole rings is 1. The summed E-state index contributed by atoms with van der Waals surface area (Å²) in [5.74, 6) is 2.50. The Morgan fingerprint density at radius 3 is 2.47 bits per heavy atom. The minimum atomic E-state index is -0.275. The number of ether oxygens (including phenoxy) is 2. The number of aromatic nitrogens is 4. The lowest BCUT2D eigenvalue weighted by Crippen LogP contribution is -2.38. The van der Waals surface area contributed by atoms with Crippen molar-refractivity contribution in [3.63, 3.8) is 0 Å². The molecule has 0 fully saturated rings. The second kappa shape index (κ2) is 13.1. The first kappa shape index (κ1) is 30.4. The number of hydrogen-bond acceptors (Lipinski definition) is 8. The first-order valence-electron chi connectivity index (χ1n) is 14.8. The van der Waals surface area contributed by atoms with Gasteiger partial charge in [-0.2, -0.15) is 4.98 Å². The van der Waals surface area contributed by atoms with Crippen LogP contribution in [-0.2, 0) is 13.0 Å². The van der Waals surface area contributed by atoms with Crippen LogP contribution in [0.25, 0.3) is 5.69 Å². The Morgan fingerprint density at radius 2 is 1.80 bits per heavy atom. The van der Waals surface area contributed by atoms with Crippen LogP contribution in [0.3, 0.4) is 0 Å². The predicted octanol–water partition coefficient (Wildman–Crippen LogP) is 6.82. The molecule has 0 spiro atoms. The molecular weight excluding hydrogens is 593 g/mol. The molecule has 3 heterocycles. The van der Waals surface area contributed by atoms with Gasteiger partial charge in [0.25, 0.3) is 0 Å². The summed E-state index contributed by atoms with van der Waals surface area (Å²) >= 11 is 6.05. The van der Waals surface area contributed by atoms with Crippen molar-refractivity contribution in [2.75, 3.05) is 44.6 Å². The highest BCUT2D eigenvalue weighted by molar-refractivity contribution is 6.29. The number of nitrogens with one attached hydrogen (secondary N) is 1. The Bertz CT molecular complexity index is 1780. The van der Waals surface area contributed by atoms with E-state index in [0.29, 0.717) is 23.4 Å². The Morgan fingerprint density at radius 1 is 1.02 bits per heavy atom. The van der Waals surface area contributed by atoms with Crippen molar-refractivity contribution < 1.29 is 13.9 Å². The first-order valence-corrected chi connectivity index (χ1v) is 15.1. The van der Waals surface area contributed by atoms with Crippen LogP contribution in [-0.4, -0.2) is 58.8 Å². The average molecular weight is 628 g/mol. The minimum Gasteiger partial charge on any atom is -0.497 e. The first-order chi connectivity index (χ1) is 21.9. The molecule has 1 atom stereocenters. The second-order valence-electron chi connectivity index (χ2n) is 10.9. The van der Waals surface area contributed by atoms with Gasteiger partial charge in [-0.05, 0) is 60.9 Å². The molecule has 232 valence electrons. The van der Waals surface area contributed by atoms with E-state index in [-0.39, 0.29) is 11.9 Å². The van der Waals surface area contributed by atoms with Gasteiger partial charge in [0.15, 0.2) is 0 Å². The number of anilines is 3. The van der Waals surface area contributed by atoms with Gasteiger partial charge in [-0.25, -0.2) is 14.4 Å². The molecule has 0 saturated heterocycles. The Kier molecular flexibility index (Phi) is 8.86. The highest BCUT2D eigenvalue weighted by Gasteiger charge is 2.34. The minimum absolute atomic E-state index is 0.216. The molecule has 45 heavy (non-hydrogen) atoms. The third-order valence-corrected chi connectivity index (χ3v) is 8.32. The molecule has 1 N–H and O–H groups in total. The van der Waals surface area contributed by atoms with E-state index in [0.717, 1.165) is 64.8 Å². The standard InChI is InChI=1S/C34H35ClFN7O2/c1-5-41(2)33-27-16-17-42(19-22-6-13-26(44-3)14-7-22)32(23-8-10-24(36)11-9-23)31(27)39-34(40-33)38-25-12-15-28(29(18-25)45-4)43-20-30(35)37-21-43/h6-15,18,20-21,32H,5,16-17,19H2,1-4H3,(H,38,39,40). The van der Waals surface area contributed by atoms with Crippen LogP contribution in [0.2, 0.25) is 5.15 Å². The van der Waals surface area contributed by atoms with Crippen molar-refractivity contribution in [1.82, 2.24) is 24.4 Å². The van der Waals surface area contributed by atoms with E-state index in [1.54, 1.807) is 31.3 Å². The average Bonchev–Trinajstić information content (AvgIpc) is 3.50. The molecule has 2 aromatic heterocycles. The smallest absolute Gasteiger partial charge is 0.229 e. The van der Waals surface area contributed by atoms with Crippen LogP contribution in [0.4, 0.5) is 21.8 Å². The number of nitrogens with zero attached hydrogens (tertiary/aromatic N) is 6. The summed E-state index contributed by atoms with van der Waals surface area (Å²) in [4.78, 5) is 18.8. The highest BCUT2D eigenvalue weighted by atomic mass is 35.5. The largest absolute Gasteiger partial charge is 0.497 e. The van der Waals surface area contributed by atoms with Gasteiger partial charge in [0, 0.05) is 50.2 Å². The molecule has 3 aromatic carbocycles. The van der Waals surface area contributed by atoms with E-state index in [1.807, 2.05) is 49.5 Å². The van der Waals surface area contributed by atoms with Gasteiger partial charge in [-0.15, -0.1) is 0 Å². The molecular formula is C34H35ClFN7O2. The fourth-order valence-corrected chi connectivity index (χ4v) is 5.86. The molecule has 1 aliphatic rings. The number of rotatable bonds is 10. The Hall–Kier alpha value is -4.67. The second-order valence-corrected chi connectivity index (χ2v) is 11.3. The number of fused-ring (bicyclic) bond motifs is 1. The fraction of sp³-hybridized carbons (Fsp3) is 0.265. The SMILES string of the molecule is CCN(C)c1nc(Nc2ccc(-n3cnc(Cl)c3)c(OC)c2)nc2c1CCN(Cc1ccc(OC)cc1)C2c1ccc(F)cc1. The molecule has 1 aliphatic heterocycles. The zero-order chi connectivity index (χ0) is 31.5. The van der Waals surface area contributed by atoms with E-state index in [2.05, 4.69) is 39.2 Å². The van der Waals surface area contributed by atoms with Crippen LogP contribution in [0.5, 0.6) is 11.5 Å². The molecule has 0 aliphatic carbocycles. The summed E-state index contributed by atoms with van der Waals surface area (Å²) in [5, 5.41) is 3.81. The molecule has 9 nitrogen and oxygen atoms in total. The van der Waals surface area contributed by atoms with E-state index < -0.39 is 0 Å². The predicted molar refractivity (Wildman–Crippen MR) is 175 cm³/mol. The normalized spacial score (nSPS) is 14.6. The topological polar surface area (TPSA) is 80.6 Å². The number of benzene rings is 3. The van der Waals surface area contributed by atoms with Gasteiger partial charge >= 0.3 is 0 Å². The van der Waals surface area contributed by atoms with Gasteiger partial charge in [0.05, 0.1) is 31.6 Å². The van der Waals surface area contributed by atoms with Gasteiger partial charge in [0.2, 0.25) is 5.95 Å². The number of methoxy groups -OCH3 is 2. The third-order valence-electron chi connectivity index (χ3n) is 8.12. The lowest BCUT2D eigenvalue weighted by atomic mass is 9.91. The van der Waals surface area contributed by atoms with Crippen LogP contribution >= 0.6 is 11.6 Å². The van der Waals surface area contributed by atoms with Crippen molar-refractivity contribution in [2.45, 2.75) is 25.9 Å². The monoisotopic (exact) mass is 627 g/mol. The van der Waals surface area contributed by atoms with Crippen molar-refractivity contribution in [3.05, 3.63) is 113 Å². The van der Waals surface area contributed by atoms with Crippen molar-refractivity contribution >= 4 is 29.1 Å². The third kappa shape index (κ3) is 6.43. The molecule has 11 heteroatoms. The van der Waals surface area contributed by atoms with Crippen LogP contribution in [0.1, 0.15) is 35.3 Å². The summed E-state index contributed by atoms with van der Waals surface area (Å²) in [7, 11) is 5.32. The van der Waals surface area contributed by atoms with Crippen molar-refractivity contribution in [3.8, 4) is 17.2 Å². The maximum Gasteiger partial charge on any atom is 0.229 e. The molecule has 1 unspecified atom stereocenters. The maximum atomic E-state index is 14.1. The van der Waals surface area contributed by atoms with Crippen LogP contribution in [0, 0.1) is 5.82 Å². The van der Waals surface area contributed by atoms with E-state index in [1.165, 1.54) is 12.1 Å². The summed E-state index contributed by atoms with van der Waals surface area (Å²) in [6.45, 7) is 4.35. The Balaban J connectivity index is 1.41. The molecule has 0 bridgehead atoms. The van der Waals surface area contributed by atoms with Gasteiger partial charge in [-0.1, -0.05) is 35.9 Å². The molecule has 0 amide bonds. The zero-order valence-electron chi connectivity index (χ0n) is 25.7. The van der Waals surface area contributed by atoms with E-state index in [9.17, 15) is 4.39 Å². The molecule has 5 aromatic rings. The summed E-state index contributed by atoms with van der Waals surface area (Å²) < 4.78 is 27.0. The van der Waals surface area contributed by atoms with Gasteiger partial charge in [-0.3, -0.25) is 4.90 Å².